The highest BCUT2D eigenvalue weighted by molar-refractivity contribution is 7.13. The number of thiazole rings is 1. The molecule has 1 saturated heterocycles. The molecule has 23 heavy (non-hydrogen) atoms. The van der Waals surface area contributed by atoms with E-state index in [1.54, 1.807) is 11.3 Å². The van der Waals surface area contributed by atoms with Gasteiger partial charge in [-0.1, -0.05) is 44.2 Å². The monoisotopic (exact) mass is 329 g/mol. The van der Waals surface area contributed by atoms with Crippen LogP contribution in [0.25, 0.3) is 10.6 Å². The number of hydrogen-bond donors (Lipinski definition) is 0. The Kier molecular flexibility index (Phi) is 5.08. The fourth-order valence-electron chi connectivity index (χ4n) is 2.81. The first-order valence-electron chi connectivity index (χ1n) is 8.14. The van der Waals surface area contributed by atoms with Crippen LogP contribution in [-0.2, 0) is 11.3 Å². The molecule has 1 fully saturated rings. The average Bonchev–Trinajstić information content (AvgIpc) is 3.04. The molecule has 5 heteroatoms. The highest BCUT2D eigenvalue weighted by Gasteiger charge is 2.23. The van der Waals surface area contributed by atoms with Crippen LogP contribution in [0.1, 0.15) is 19.5 Å². The van der Waals surface area contributed by atoms with Gasteiger partial charge in [0.25, 0.3) is 0 Å². The second-order valence-corrected chi connectivity index (χ2v) is 7.12. The Morgan fingerprint density at radius 1 is 1.17 bits per heavy atom. The smallest absolute Gasteiger partial charge is 0.225 e. The lowest BCUT2D eigenvalue weighted by Crippen LogP contribution is -2.49. The van der Waals surface area contributed by atoms with E-state index in [-0.39, 0.29) is 11.8 Å². The Bertz CT molecular complexity index is 645. The molecule has 2 heterocycles. The summed E-state index contributed by atoms with van der Waals surface area (Å²) in [6.07, 6.45) is 0. The lowest BCUT2D eigenvalue weighted by molar-refractivity contribution is -0.136. The van der Waals surface area contributed by atoms with Gasteiger partial charge >= 0.3 is 0 Å². The molecule has 0 aliphatic carbocycles. The molecule has 1 aromatic carbocycles. The van der Waals surface area contributed by atoms with Crippen molar-refractivity contribution in [2.24, 2.45) is 5.92 Å². The van der Waals surface area contributed by atoms with Crippen molar-refractivity contribution in [3.8, 4) is 10.6 Å². The normalized spacial score (nSPS) is 16.0. The van der Waals surface area contributed by atoms with Gasteiger partial charge in [0.05, 0.1) is 5.69 Å². The molecule has 0 radical (unpaired) electrons. The van der Waals surface area contributed by atoms with Crippen molar-refractivity contribution in [2.45, 2.75) is 20.4 Å². The second kappa shape index (κ2) is 7.23. The number of carbonyl (C=O) groups excluding carboxylic acids is 1. The standard InChI is InChI=1S/C18H23N3OS/c1-14(2)18(22)21-10-8-20(9-11-21)12-16-13-23-17(19-16)15-6-4-3-5-7-15/h3-7,13-14H,8-12H2,1-2H3. The summed E-state index contributed by atoms with van der Waals surface area (Å²) < 4.78 is 0. The fourth-order valence-corrected chi connectivity index (χ4v) is 3.63. The van der Waals surface area contributed by atoms with E-state index in [2.05, 4.69) is 22.4 Å². The van der Waals surface area contributed by atoms with Crippen molar-refractivity contribution in [3.63, 3.8) is 0 Å². The molecule has 122 valence electrons. The Labute approximate surface area is 141 Å². The van der Waals surface area contributed by atoms with Crippen LogP contribution in [0.2, 0.25) is 0 Å². The number of aromatic nitrogens is 1. The van der Waals surface area contributed by atoms with Gasteiger partial charge in [0.15, 0.2) is 0 Å². The SMILES string of the molecule is CC(C)C(=O)N1CCN(Cc2csc(-c3ccccc3)n2)CC1. The second-order valence-electron chi connectivity index (χ2n) is 6.27. The van der Waals surface area contributed by atoms with Gasteiger partial charge in [-0.15, -0.1) is 11.3 Å². The zero-order chi connectivity index (χ0) is 16.2. The number of amides is 1. The molecular formula is C18H23N3OS. The van der Waals surface area contributed by atoms with Crippen LogP contribution in [0.15, 0.2) is 35.7 Å². The van der Waals surface area contributed by atoms with Crippen molar-refractivity contribution in [2.75, 3.05) is 26.2 Å². The molecule has 4 nitrogen and oxygen atoms in total. The first-order chi connectivity index (χ1) is 11.1. The molecule has 1 aromatic heterocycles. The molecule has 1 aliphatic rings. The first kappa shape index (κ1) is 16.1. The Balaban J connectivity index is 1.55. The van der Waals surface area contributed by atoms with E-state index in [1.807, 2.05) is 36.9 Å². The molecule has 3 rings (SSSR count). The van der Waals surface area contributed by atoms with Crippen molar-refractivity contribution < 1.29 is 4.79 Å². The summed E-state index contributed by atoms with van der Waals surface area (Å²) in [5.74, 6) is 0.359. The summed E-state index contributed by atoms with van der Waals surface area (Å²) >= 11 is 1.70. The van der Waals surface area contributed by atoms with Gasteiger partial charge in [-0.2, -0.15) is 0 Å². The molecule has 1 aliphatic heterocycles. The topological polar surface area (TPSA) is 36.4 Å². The van der Waals surface area contributed by atoms with Gasteiger partial charge in [-0.25, -0.2) is 4.98 Å². The van der Waals surface area contributed by atoms with Gasteiger partial charge in [-0.3, -0.25) is 9.69 Å². The molecule has 0 spiro atoms. The van der Waals surface area contributed by atoms with Crippen LogP contribution in [0.5, 0.6) is 0 Å². The maximum absolute atomic E-state index is 12.0. The van der Waals surface area contributed by atoms with Crippen LogP contribution in [-0.4, -0.2) is 46.9 Å². The van der Waals surface area contributed by atoms with E-state index in [4.69, 9.17) is 4.98 Å². The average molecular weight is 329 g/mol. The van der Waals surface area contributed by atoms with Crippen LogP contribution in [0.3, 0.4) is 0 Å². The fraction of sp³-hybridized carbons (Fsp3) is 0.444. The van der Waals surface area contributed by atoms with E-state index in [0.29, 0.717) is 0 Å². The van der Waals surface area contributed by atoms with Crippen LogP contribution < -0.4 is 0 Å². The minimum atomic E-state index is 0.0912. The van der Waals surface area contributed by atoms with Crippen molar-refractivity contribution in [1.82, 2.24) is 14.8 Å². The summed E-state index contributed by atoms with van der Waals surface area (Å²) in [5.41, 5.74) is 2.30. The summed E-state index contributed by atoms with van der Waals surface area (Å²) in [7, 11) is 0. The molecule has 0 atom stereocenters. The molecule has 0 saturated carbocycles. The summed E-state index contributed by atoms with van der Waals surface area (Å²) in [6, 6.07) is 10.3. The predicted molar refractivity (Wildman–Crippen MR) is 94.2 cm³/mol. The number of carbonyl (C=O) groups is 1. The van der Waals surface area contributed by atoms with Gasteiger partial charge in [0, 0.05) is 49.6 Å². The highest BCUT2D eigenvalue weighted by Crippen LogP contribution is 2.24. The van der Waals surface area contributed by atoms with Crippen LogP contribution in [0.4, 0.5) is 0 Å². The molecule has 0 bridgehead atoms. The Morgan fingerprint density at radius 2 is 1.87 bits per heavy atom. The third-order valence-electron chi connectivity index (χ3n) is 4.14. The lowest BCUT2D eigenvalue weighted by atomic mass is 10.1. The van der Waals surface area contributed by atoms with Crippen LogP contribution in [0, 0.1) is 5.92 Å². The summed E-state index contributed by atoms with van der Waals surface area (Å²) in [4.78, 5) is 21.1. The van der Waals surface area contributed by atoms with Crippen molar-refractivity contribution in [3.05, 3.63) is 41.4 Å². The van der Waals surface area contributed by atoms with Gasteiger partial charge < -0.3 is 4.90 Å². The Morgan fingerprint density at radius 3 is 2.52 bits per heavy atom. The summed E-state index contributed by atoms with van der Waals surface area (Å²) in [5, 5.41) is 3.22. The predicted octanol–water partition coefficient (Wildman–Crippen LogP) is 3.11. The maximum atomic E-state index is 12.0. The minimum absolute atomic E-state index is 0.0912. The van der Waals surface area contributed by atoms with E-state index < -0.39 is 0 Å². The number of rotatable bonds is 4. The van der Waals surface area contributed by atoms with E-state index in [1.165, 1.54) is 5.56 Å². The zero-order valence-electron chi connectivity index (χ0n) is 13.7. The van der Waals surface area contributed by atoms with E-state index in [9.17, 15) is 4.79 Å². The first-order valence-corrected chi connectivity index (χ1v) is 9.02. The highest BCUT2D eigenvalue weighted by atomic mass is 32.1. The zero-order valence-corrected chi connectivity index (χ0v) is 14.6. The van der Waals surface area contributed by atoms with E-state index >= 15 is 0 Å². The molecular weight excluding hydrogens is 306 g/mol. The lowest BCUT2D eigenvalue weighted by Gasteiger charge is -2.35. The molecule has 0 N–H and O–H groups in total. The Hall–Kier alpha value is -1.72. The van der Waals surface area contributed by atoms with E-state index in [0.717, 1.165) is 43.4 Å². The number of piperazine rings is 1. The number of benzene rings is 1. The largest absolute Gasteiger partial charge is 0.340 e. The molecule has 2 aromatic rings. The minimum Gasteiger partial charge on any atom is -0.340 e. The van der Waals surface area contributed by atoms with Gasteiger partial charge in [0.1, 0.15) is 5.01 Å². The number of hydrogen-bond acceptors (Lipinski definition) is 4. The molecule has 0 unspecified atom stereocenters. The quantitative estimate of drug-likeness (QED) is 0.865. The van der Waals surface area contributed by atoms with Crippen molar-refractivity contribution >= 4 is 17.2 Å². The van der Waals surface area contributed by atoms with Crippen molar-refractivity contribution in [1.29, 1.82) is 0 Å². The van der Waals surface area contributed by atoms with Crippen LogP contribution >= 0.6 is 11.3 Å². The molecule has 1 amide bonds. The third-order valence-corrected chi connectivity index (χ3v) is 5.08. The maximum Gasteiger partial charge on any atom is 0.225 e. The summed E-state index contributed by atoms with van der Waals surface area (Å²) in [6.45, 7) is 8.31. The van der Waals surface area contributed by atoms with Gasteiger partial charge in [0.2, 0.25) is 5.91 Å². The third kappa shape index (κ3) is 3.98. The number of nitrogens with zero attached hydrogens (tertiary/aromatic N) is 3. The van der Waals surface area contributed by atoms with Gasteiger partial charge in [-0.05, 0) is 0 Å².